The number of nitrogens with zero attached hydrogens (tertiary/aromatic N) is 1. The van der Waals surface area contributed by atoms with Gasteiger partial charge >= 0.3 is 6.03 Å². The van der Waals surface area contributed by atoms with Crippen molar-refractivity contribution in [1.82, 2.24) is 10.6 Å². The van der Waals surface area contributed by atoms with E-state index in [1.54, 1.807) is 12.1 Å². The third-order valence-electron chi connectivity index (χ3n) is 2.27. The van der Waals surface area contributed by atoms with E-state index in [0.717, 1.165) is 0 Å². The molecule has 0 bridgehead atoms. The SMILES string of the molecule is O=C1NCC(N=Cc2ccc(F)cc2)C(=O)N1. The summed E-state index contributed by atoms with van der Waals surface area (Å²) in [5.74, 6) is -0.767. The van der Waals surface area contributed by atoms with Gasteiger partial charge in [0.1, 0.15) is 11.9 Å². The van der Waals surface area contributed by atoms with Gasteiger partial charge in [-0.15, -0.1) is 0 Å². The number of benzene rings is 1. The summed E-state index contributed by atoms with van der Waals surface area (Å²) in [5, 5.41) is 4.58. The molecular formula is C11H10FN3O2. The first kappa shape index (κ1) is 11.3. The van der Waals surface area contributed by atoms with E-state index in [0.29, 0.717) is 5.56 Å². The molecular weight excluding hydrogens is 225 g/mol. The highest BCUT2D eigenvalue weighted by Gasteiger charge is 2.24. The second-order valence-electron chi connectivity index (χ2n) is 3.54. The molecule has 2 rings (SSSR count). The maximum absolute atomic E-state index is 12.6. The minimum atomic E-state index is -0.641. The van der Waals surface area contributed by atoms with Gasteiger partial charge in [-0.2, -0.15) is 0 Å². The largest absolute Gasteiger partial charge is 0.335 e. The van der Waals surface area contributed by atoms with Crippen molar-refractivity contribution in [2.75, 3.05) is 6.54 Å². The van der Waals surface area contributed by atoms with Gasteiger partial charge in [-0.3, -0.25) is 15.1 Å². The molecule has 1 saturated heterocycles. The lowest BCUT2D eigenvalue weighted by atomic mass is 10.2. The Balaban J connectivity index is 2.03. The van der Waals surface area contributed by atoms with Crippen molar-refractivity contribution in [2.24, 2.45) is 4.99 Å². The molecule has 0 saturated carbocycles. The van der Waals surface area contributed by atoms with Crippen LogP contribution in [-0.4, -0.2) is 30.7 Å². The summed E-state index contributed by atoms with van der Waals surface area (Å²) in [6.07, 6.45) is 1.47. The van der Waals surface area contributed by atoms with Gasteiger partial charge < -0.3 is 5.32 Å². The highest BCUT2D eigenvalue weighted by Crippen LogP contribution is 2.01. The maximum Gasteiger partial charge on any atom is 0.321 e. The summed E-state index contributed by atoms with van der Waals surface area (Å²) < 4.78 is 12.6. The normalized spacial score (nSPS) is 20.2. The molecule has 0 spiro atoms. The molecule has 0 radical (unpaired) electrons. The highest BCUT2D eigenvalue weighted by molar-refractivity contribution is 6.00. The van der Waals surface area contributed by atoms with Crippen LogP contribution < -0.4 is 10.6 Å². The van der Waals surface area contributed by atoms with Crippen LogP contribution in [0.15, 0.2) is 29.3 Å². The van der Waals surface area contributed by atoms with Crippen LogP contribution in [0, 0.1) is 5.82 Å². The number of amides is 3. The molecule has 5 nitrogen and oxygen atoms in total. The summed E-state index contributed by atoms with van der Waals surface area (Å²) in [5.41, 5.74) is 0.691. The fraction of sp³-hybridized carbons (Fsp3) is 0.182. The summed E-state index contributed by atoms with van der Waals surface area (Å²) in [4.78, 5) is 26.2. The predicted octanol–water partition coefficient (Wildman–Crippen LogP) is 0.453. The lowest BCUT2D eigenvalue weighted by molar-refractivity contribution is -0.121. The summed E-state index contributed by atoms with van der Waals surface area (Å²) >= 11 is 0. The third kappa shape index (κ3) is 2.87. The Morgan fingerprint density at radius 1 is 1.29 bits per heavy atom. The molecule has 1 heterocycles. The van der Waals surface area contributed by atoms with Gasteiger partial charge in [0.15, 0.2) is 0 Å². The number of urea groups is 1. The molecule has 1 aromatic carbocycles. The number of carbonyl (C=O) groups excluding carboxylic acids is 2. The van der Waals surface area contributed by atoms with E-state index >= 15 is 0 Å². The third-order valence-corrected chi connectivity index (χ3v) is 2.27. The number of carbonyl (C=O) groups is 2. The monoisotopic (exact) mass is 235 g/mol. The molecule has 1 fully saturated rings. The quantitative estimate of drug-likeness (QED) is 0.731. The Bertz CT molecular complexity index is 470. The Labute approximate surface area is 96.7 Å². The number of nitrogens with one attached hydrogen (secondary N) is 2. The standard InChI is InChI=1S/C11H10FN3O2/c12-8-3-1-7(2-4-8)5-13-9-6-14-11(17)15-10(9)16/h1-5,9H,6H2,(H2,14,15,16,17). The maximum atomic E-state index is 12.6. The van der Waals surface area contributed by atoms with Crippen molar-refractivity contribution >= 4 is 18.2 Å². The first-order chi connectivity index (χ1) is 8.15. The van der Waals surface area contributed by atoms with E-state index in [1.165, 1.54) is 18.3 Å². The van der Waals surface area contributed by atoms with E-state index in [9.17, 15) is 14.0 Å². The number of imide groups is 1. The van der Waals surface area contributed by atoms with Crippen molar-refractivity contribution in [3.05, 3.63) is 35.6 Å². The topological polar surface area (TPSA) is 70.6 Å². The number of rotatable bonds is 2. The number of aliphatic imine (C=N–C) groups is 1. The number of hydrogen-bond donors (Lipinski definition) is 2. The minimum absolute atomic E-state index is 0.169. The van der Waals surface area contributed by atoms with E-state index in [4.69, 9.17) is 0 Å². The van der Waals surface area contributed by atoms with E-state index in [1.807, 2.05) is 0 Å². The molecule has 6 heteroatoms. The van der Waals surface area contributed by atoms with Crippen LogP contribution in [0.5, 0.6) is 0 Å². The number of hydrogen-bond acceptors (Lipinski definition) is 3. The lowest BCUT2D eigenvalue weighted by Gasteiger charge is -2.18. The molecule has 1 aromatic rings. The van der Waals surface area contributed by atoms with Crippen LogP contribution in [-0.2, 0) is 4.79 Å². The van der Waals surface area contributed by atoms with Gasteiger partial charge in [-0.1, -0.05) is 12.1 Å². The predicted molar refractivity (Wildman–Crippen MR) is 59.3 cm³/mol. The molecule has 1 unspecified atom stereocenters. The smallest absolute Gasteiger partial charge is 0.321 e. The first-order valence-corrected chi connectivity index (χ1v) is 5.02. The molecule has 17 heavy (non-hydrogen) atoms. The van der Waals surface area contributed by atoms with Crippen molar-refractivity contribution in [1.29, 1.82) is 0 Å². The van der Waals surface area contributed by atoms with Crippen molar-refractivity contribution in [3.63, 3.8) is 0 Å². The zero-order valence-electron chi connectivity index (χ0n) is 8.81. The lowest BCUT2D eigenvalue weighted by Crippen LogP contribution is -2.54. The summed E-state index contributed by atoms with van der Waals surface area (Å²) in [6, 6.07) is 4.57. The summed E-state index contributed by atoms with van der Waals surface area (Å²) in [7, 11) is 0. The van der Waals surface area contributed by atoms with Crippen molar-refractivity contribution in [2.45, 2.75) is 6.04 Å². The molecule has 1 aliphatic rings. The second kappa shape index (κ2) is 4.73. The van der Waals surface area contributed by atoms with Crippen LogP contribution in [0.1, 0.15) is 5.56 Å². The van der Waals surface area contributed by atoms with Crippen LogP contribution in [0.3, 0.4) is 0 Å². The Morgan fingerprint density at radius 2 is 2.00 bits per heavy atom. The minimum Gasteiger partial charge on any atom is -0.335 e. The molecule has 1 atom stereocenters. The molecule has 88 valence electrons. The summed E-state index contributed by atoms with van der Waals surface area (Å²) in [6.45, 7) is 0.169. The molecule has 1 aliphatic heterocycles. The molecule has 2 N–H and O–H groups in total. The van der Waals surface area contributed by atoms with Crippen LogP contribution in [0.4, 0.5) is 9.18 Å². The van der Waals surface area contributed by atoms with Gasteiger partial charge in [0.2, 0.25) is 0 Å². The molecule has 3 amide bonds. The average molecular weight is 235 g/mol. The van der Waals surface area contributed by atoms with Gasteiger partial charge in [0.05, 0.1) is 6.54 Å². The second-order valence-corrected chi connectivity index (χ2v) is 3.54. The van der Waals surface area contributed by atoms with Gasteiger partial charge in [0.25, 0.3) is 5.91 Å². The van der Waals surface area contributed by atoms with Crippen LogP contribution in [0.2, 0.25) is 0 Å². The molecule has 0 aliphatic carbocycles. The Kier molecular flexibility index (Phi) is 3.13. The average Bonchev–Trinajstić information content (AvgIpc) is 2.30. The zero-order chi connectivity index (χ0) is 12.3. The van der Waals surface area contributed by atoms with Crippen molar-refractivity contribution < 1.29 is 14.0 Å². The van der Waals surface area contributed by atoms with Crippen molar-refractivity contribution in [3.8, 4) is 0 Å². The fourth-order valence-corrected chi connectivity index (χ4v) is 1.37. The van der Waals surface area contributed by atoms with E-state index in [2.05, 4.69) is 15.6 Å². The van der Waals surface area contributed by atoms with Gasteiger partial charge in [-0.25, -0.2) is 9.18 Å². The first-order valence-electron chi connectivity index (χ1n) is 5.02. The fourth-order valence-electron chi connectivity index (χ4n) is 1.37. The van der Waals surface area contributed by atoms with Crippen LogP contribution >= 0.6 is 0 Å². The Morgan fingerprint density at radius 3 is 2.65 bits per heavy atom. The van der Waals surface area contributed by atoms with Crippen LogP contribution in [0.25, 0.3) is 0 Å². The Hall–Kier alpha value is -2.24. The highest BCUT2D eigenvalue weighted by atomic mass is 19.1. The van der Waals surface area contributed by atoms with Gasteiger partial charge in [-0.05, 0) is 17.7 Å². The zero-order valence-corrected chi connectivity index (χ0v) is 8.81. The number of halogens is 1. The van der Waals surface area contributed by atoms with E-state index < -0.39 is 18.0 Å². The van der Waals surface area contributed by atoms with E-state index in [-0.39, 0.29) is 12.4 Å². The van der Waals surface area contributed by atoms with Gasteiger partial charge in [0, 0.05) is 6.21 Å². The molecule has 0 aromatic heterocycles.